The molecule has 0 amide bonds. The first-order valence-electron chi connectivity index (χ1n) is 7.93. The SMILES string of the molecule is O=C(OCc1ccccc1)c1ccc(S(=O)(=O)Nc2ccccc2)cc1. The standard InChI is InChI=1S/C20H17NO4S/c22-20(25-15-16-7-3-1-4-8-16)17-11-13-19(14-12-17)26(23,24)21-18-9-5-2-6-10-18/h1-14,21H,15H2. The maximum atomic E-state index is 12.4. The number of carbonyl (C=O) groups is 1. The van der Waals surface area contributed by atoms with Gasteiger partial charge >= 0.3 is 5.97 Å². The van der Waals surface area contributed by atoms with Crippen LogP contribution < -0.4 is 4.72 Å². The molecule has 0 aliphatic rings. The number of ether oxygens (including phenoxy) is 1. The molecule has 0 atom stereocenters. The number of carbonyl (C=O) groups excluding carboxylic acids is 1. The van der Waals surface area contributed by atoms with Gasteiger partial charge in [0, 0.05) is 5.69 Å². The molecule has 5 nitrogen and oxygen atoms in total. The van der Waals surface area contributed by atoms with Crippen molar-refractivity contribution >= 4 is 21.7 Å². The fourth-order valence-corrected chi connectivity index (χ4v) is 3.36. The Balaban J connectivity index is 1.66. The van der Waals surface area contributed by atoms with E-state index in [0.717, 1.165) is 5.56 Å². The highest BCUT2D eigenvalue weighted by atomic mass is 32.2. The van der Waals surface area contributed by atoms with Crippen molar-refractivity contribution in [2.45, 2.75) is 11.5 Å². The Bertz CT molecular complexity index is 969. The Morgan fingerprint density at radius 3 is 2.00 bits per heavy atom. The third-order valence-corrected chi connectivity index (χ3v) is 5.04. The average Bonchev–Trinajstić information content (AvgIpc) is 2.67. The molecule has 0 fully saturated rings. The molecule has 0 aliphatic carbocycles. The zero-order valence-corrected chi connectivity index (χ0v) is 14.6. The molecule has 0 bridgehead atoms. The van der Waals surface area contributed by atoms with E-state index in [2.05, 4.69) is 4.72 Å². The Morgan fingerprint density at radius 2 is 1.38 bits per heavy atom. The van der Waals surface area contributed by atoms with Crippen molar-refractivity contribution < 1.29 is 17.9 Å². The highest BCUT2D eigenvalue weighted by Gasteiger charge is 2.15. The lowest BCUT2D eigenvalue weighted by Gasteiger charge is -2.09. The molecule has 0 spiro atoms. The summed E-state index contributed by atoms with van der Waals surface area (Å²) in [6, 6.07) is 23.6. The molecule has 0 aromatic heterocycles. The van der Waals surface area contributed by atoms with Crippen LogP contribution in [0.15, 0.2) is 89.8 Å². The number of rotatable bonds is 6. The summed E-state index contributed by atoms with van der Waals surface area (Å²) >= 11 is 0. The number of hydrogen-bond acceptors (Lipinski definition) is 4. The van der Waals surface area contributed by atoms with Crippen LogP contribution in [-0.4, -0.2) is 14.4 Å². The summed E-state index contributed by atoms with van der Waals surface area (Å²) in [6.07, 6.45) is 0. The molecule has 26 heavy (non-hydrogen) atoms. The Kier molecular flexibility index (Phi) is 5.34. The van der Waals surface area contributed by atoms with Crippen molar-refractivity contribution in [3.05, 3.63) is 96.1 Å². The fraction of sp³-hybridized carbons (Fsp3) is 0.0500. The fourth-order valence-electron chi connectivity index (χ4n) is 2.30. The van der Waals surface area contributed by atoms with Crippen LogP contribution in [0.3, 0.4) is 0 Å². The minimum absolute atomic E-state index is 0.0703. The molecule has 0 heterocycles. The van der Waals surface area contributed by atoms with Crippen molar-refractivity contribution in [2.24, 2.45) is 0 Å². The second-order valence-corrected chi connectivity index (χ2v) is 7.24. The van der Waals surface area contributed by atoms with E-state index in [0.29, 0.717) is 11.3 Å². The van der Waals surface area contributed by atoms with Crippen LogP contribution >= 0.6 is 0 Å². The van der Waals surface area contributed by atoms with E-state index in [1.165, 1.54) is 24.3 Å². The predicted molar refractivity (Wildman–Crippen MR) is 99.3 cm³/mol. The minimum Gasteiger partial charge on any atom is -0.457 e. The first kappa shape index (κ1) is 17.7. The Labute approximate surface area is 152 Å². The van der Waals surface area contributed by atoms with Crippen LogP contribution in [0.1, 0.15) is 15.9 Å². The molecule has 3 rings (SSSR count). The highest BCUT2D eigenvalue weighted by molar-refractivity contribution is 7.92. The highest BCUT2D eigenvalue weighted by Crippen LogP contribution is 2.17. The van der Waals surface area contributed by atoms with E-state index in [4.69, 9.17) is 4.74 Å². The number of hydrogen-bond donors (Lipinski definition) is 1. The normalized spacial score (nSPS) is 10.9. The van der Waals surface area contributed by atoms with E-state index in [1.54, 1.807) is 30.3 Å². The molecule has 0 radical (unpaired) electrons. The summed E-state index contributed by atoms with van der Waals surface area (Å²) < 4.78 is 32.4. The first-order valence-corrected chi connectivity index (χ1v) is 9.42. The maximum absolute atomic E-state index is 12.4. The number of benzene rings is 3. The lowest BCUT2D eigenvalue weighted by atomic mass is 10.2. The summed E-state index contributed by atoms with van der Waals surface area (Å²) in [5.74, 6) is -0.506. The van der Waals surface area contributed by atoms with Crippen molar-refractivity contribution in [3.63, 3.8) is 0 Å². The van der Waals surface area contributed by atoms with Crippen molar-refractivity contribution in [3.8, 4) is 0 Å². The van der Waals surface area contributed by atoms with Gasteiger partial charge in [0.25, 0.3) is 10.0 Å². The second-order valence-electron chi connectivity index (χ2n) is 5.56. The topological polar surface area (TPSA) is 72.5 Å². The minimum atomic E-state index is -3.71. The molecule has 132 valence electrons. The first-order chi connectivity index (χ1) is 12.5. The van der Waals surface area contributed by atoms with Crippen LogP contribution in [0.2, 0.25) is 0 Å². The molecular formula is C20H17NO4S. The smallest absolute Gasteiger partial charge is 0.338 e. The van der Waals surface area contributed by atoms with Crippen LogP contribution in [0.5, 0.6) is 0 Å². The van der Waals surface area contributed by atoms with E-state index < -0.39 is 16.0 Å². The molecule has 3 aromatic rings. The summed E-state index contributed by atoms with van der Waals surface area (Å²) in [7, 11) is -3.71. The average molecular weight is 367 g/mol. The molecule has 0 unspecified atom stereocenters. The largest absolute Gasteiger partial charge is 0.457 e. The summed E-state index contributed by atoms with van der Waals surface area (Å²) in [4.78, 5) is 12.2. The summed E-state index contributed by atoms with van der Waals surface area (Å²) in [5.41, 5.74) is 1.64. The number of nitrogens with one attached hydrogen (secondary N) is 1. The van der Waals surface area contributed by atoms with Gasteiger partial charge in [0.15, 0.2) is 0 Å². The zero-order valence-electron chi connectivity index (χ0n) is 13.8. The molecule has 0 saturated carbocycles. The van der Waals surface area contributed by atoms with Gasteiger partial charge in [-0.15, -0.1) is 0 Å². The predicted octanol–water partition coefficient (Wildman–Crippen LogP) is 3.84. The molecule has 0 saturated heterocycles. The van der Waals surface area contributed by atoms with Crippen LogP contribution in [0, 0.1) is 0 Å². The lowest BCUT2D eigenvalue weighted by Crippen LogP contribution is -2.13. The van der Waals surface area contributed by atoms with Gasteiger partial charge in [-0.05, 0) is 42.0 Å². The summed E-state index contributed by atoms with van der Waals surface area (Å²) in [5, 5.41) is 0. The van der Waals surface area contributed by atoms with Gasteiger partial charge in [-0.2, -0.15) is 0 Å². The number of esters is 1. The van der Waals surface area contributed by atoms with Crippen LogP contribution in [0.4, 0.5) is 5.69 Å². The maximum Gasteiger partial charge on any atom is 0.338 e. The quantitative estimate of drug-likeness (QED) is 0.672. The van der Waals surface area contributed by atoms with E-state index in [1.807, 2.05) is 30.3 Å². The number of para-hydroxylation sites is 1. The van der Waals surface area contributed by atoms with Crippen molar-refractivity contribution in [1.82, 2.24) is 0 Å². The molecule has 6 heteroatoms. The monoisotopic (exact) mass is 367 g/mol. The van der Waals surface area contributed by atoms with Crippen molar-refractivity contribution in [2.75, 3.05) is 4.72 Å². The Hall–Kier alpha value is -3.12. The van der Waals surface area contributed by atoms with Crippen LogP contribution in [0.25, 0.3) is 0 Å². The third-order valence-electron chi connectivity index (χ3n) is 3.64. The van der Waals surface area contributed by atoms with Gasteiger partial charge in [-0.3, -0.25) is 4.72 Å². The van der Waals surface area contributed by atoms with Gasteiger partial charge in [0.05, 0.1) is 10.5 Å². The molecular weight excluding hydrogens is 350 g/mol. The number of anilines is 1. The molecule has 0 aliphatic heterocycles. The molecule has 1 N–H and O–H groups in total. The van der Waals surface area contributed by atoms with Gasteiger partial charge in [-0.1, -0.05) is 48.5 Å². The summed E-state index contributed by atoms with van der Waals surface area (Å²) in [6.45, 7) is 0.162. The second kappa shape index (κ2) is 7.84. The Morgan fingerprint density at radius 1 is 0.808 bits per heavy atom. The van der Waals surface area contributed by atoms with Crippen molar-refractivity contribution in [1.29, 1.82) is 0 Å². The van der Waals surface area contributed by atoms with Gasteiger partial charge < -0.3 is 4.74 Å². The molecule has 3 aromatic carbocycles. The van der Waals surface area contributed by atoms with Gasteiger partial charge in [0.1, 0.15) is 6.61 Å². The van der Waals surface area contributed by atoms with E-state index >= 15 is 0 Å². The lowest BCUT2D eigenvalue weighted by molar-refractivity contribution is 0.0472. The third kappa shape index (κ3) is 4.49. The zero-order chi connectivity index (χ0) is 18.4. The van der Waals surface area contributed by atoms with E-state index in [9.17, 15) is 13.2 Å². The van der Waals surface area contributed by atoms with Crippen LogP contribution in [-0.2, 0) is 21.4 Å². The van der Waals surface area contributed by atoms with Gasteiger partial charge in [0.2, 0.25) is 0 Å². The van der Waals surface area contributed by atoms with E-state index in [-0.39, 0.29) is 11.5 Å². The number of sulfonamides is 1. The van der Waals surface area contributed by atoms with Gasteiger partial charge in [-0.25, -0.2) is 13.2 Å².